The number of rotatable bonds is 3. The zero-order chi connectivity index (χ0) is 17.4. The van der Waals surface area contributed by atoms with E-state index >= 15 is 0 Å². The number of hydrogen-bond donors (Lipinski definition) is 1. The summed E-state index contributed by atoms with van der Waals surface area (Å²) in [6.07, 6.45) is 0.627. The van der Waals surface area contributed by atoms with Crippen LogP contribution in [0.25, 0.3) is 0 Å². The van der Waals surface area contributed by atoms with E-state index in [0.717, 1.165) is 17.8 Å². The van der Waals surface area contributed by atoms with Crippen molar-refractivity contribution in [1.82, 2.24) is 20.0 Å². The Bertz CT molecular complexity index is 640. The fourth-order valence-electron chi connectivity index (χ4n) is 3.52. The number of ether oxygens (including phenoxy) is 1. The summed E-state index contributed by atoms with van der Waals surface area (Å²) in [5.74, 6) is 0.279. The molecule has 0 saturated carbocycles. The van der Waals surface area contributed by atoms with Gasteiger partial charge in [0.1, 0.15) is 6.54 Å². The molecule has 24 heavy (non-hydrogen) atoms. The molecule has 7 nitrogen and oxygen atoms in total. The second-order valence-corrected chi connectivity index (χ2v) is 7.22. The van der Waals surface area contributed by atoms with Gasteiger partial charge in [0.05, 0.1) is 17.9 Å². The van der Waals surface area contributed by atoms with Crippen LogP contribution in [0, 0.1) is 5.92 Å². The number of piperazine rings is 1. The van der Waals surface area contributed by atoms with Crippen LogP contribution in [0.15, 0.2) is 0 Å². The van der Waals surface area contributed by atoms with E-state index in [1.54, 1.807) is 4.90 Å². The Morgan fingerprint density at radius 3 is 2.79 bits per heavy atom. The molecular weight excluding hydrogens is 308 g/mol. The van der Waals surface area contributed by atoms with Crippen molar-refractivity contribution >= 4 is 11.8 Å². The minimum absolute atomic E-state index is 0.0118. The first-order valence-electron chi connectivity index (χ1n) is 8.66. The minimum Gasteiger partial charge on any atom is -0.369 e. The molecule has 0 spiro atoms. The predicted octanol–water partition coefficient (Wildman–Crippen LogP) is 1.37. The molecular formula is C17H26N4O3. The van der Waals surface area contributed by atoms with Crippen molar-refractivity contribution in [3.8, 4) is 0 Å². The average molecular weight is 334 g/mol. The van der Waals surface area contributed by atoms with Crippen molar-refractivity contribution in [3.05, 3.63) is 17.0 Å². The van der Waals surface area contributed by atoms with E-state index in [2.05, 4.69) is 24.0 Å². The zero-order valence-electron chi connectivity index (χ0n) is 14.8. The molecule has 7 heteroatoms. The number of nitrogens with zero attached hydrogens (tertiary/aromatic N) is 3. The third-order valence-corrected chi connectivity index (χ3v) is 4.63. The second-order valence-electron chi connectivity index (χ2n) is 7.22. The zero-order valence-corrected chi connectivity index (χ0v) is 14.8. The normalized spacial score (nSPS) is 24.5. The average Bonchev–Trinajstić information content (AvgIpc) is 2.92. The summed E-state index contributed by atoms with van der Waals surface area (Å²) >= 11 is 0. The first-order chi connectivity index (χ1) is 11.4. The van der Waals surface area contributed by atoms with Crippen LogP contribution in [-0.4, -0.2) is 64.1 Å². The van der Waals surface area contributed by atoms with E-state index in [0.29, 0.717) is 31.1 Å². The highest BCUT2D eigenvalue weighted by atomic mass is 16.5. The number of carbonyl (C=O) groups is 2. The number of H-pyrrole nitrogens is 1. The maximum absolute atomic E-state index is 12.9. The SMILES string of the molecule is CC(C)CN1CCN(C(=O)c2n[nH]c3c2C[C@H](C)O[C@@H]3C)CC1=O. The monoisotopic (exact) mass is 334 g/mol. The molecule has 2 amide bonds. The molecule has 1 fully saturated rings. The van der Waals surface area contributed by atoms with Crippen LogP contribution in [0.4, 0.5) is 0 Å². The Balaban J connectivity index is 1.74. The van der Waals surface area contributed by atoms with E-state index in [9.17, 15) is 9.59 Å². The molecule has 0 unspecified atom stereocenters. The molecule has 2 atom stereocenters. The van der Waals surface area contributed by atoms with Crippen molar-refractivity contribution in [3.63, 3.8) is 0 Å². The van der Waals surface area contributed by atoms with Crippen LogP contribution < -0.4 is 0 Å². The first kappa shape index (κ1) is 17.0. The van der Waals surface area contributed by atoms with Gasteiger partial charge in [-0.2, -0.15) is 5.10 Å². The van der Waals surface area contributed by atoms with Crippen molar-refractivity contribution in [2.75, 3.05) is 26.2 Å². The van der Waals surface area contributed by atoms with Crippen LogP contribution in [-0.2, 0) is 16.0 Å². The van der Waals surface area contributed by atoms with Gasteiger partial charge < -0.3 is 14.5 Å². The van der Waals surface area contributed by atoms with Crippen molar-refractivity contribution in [2.45, 2.75) is 46.3 Å². The molecule has 0 aliphatic carbocycles. The highest BCUT2D eigenvalue weighted by Crippen LogP contribution is 2.30. The van der Waals surface area contributed by atoms with Gasteiger partial charge in [0, 0.05) is 31.6 Å². The lowest BCUT2D eigenvalue weighted by Crippen LogP contribution is -2.53. The molecule has 1 aromatic rings. The van der Waals surface area contributed by atoms with E-state index in [-0.39, 0.29) is 30.6 Å². The molecule has 1 aromatic heterocycles. The van der Waals surface area contributed by atoms with Gasteiger partial charge in [-0.3, -0.25) is 14.7 Å². The lowest BCUT2D eigenvalue weighted by atomic mass is 9.99. The standard InChI is InChI=1S/C17H26N4O3/c1-10(2)8-20-5-6-21(9-14(20)22)17(23)16-13-7-11(3)24-12(4)15(13)18-19-16/h10-12H,5-9H2,1-4H3,(H,18,19)/t11-,12+/m0/s1. The molecule has 1 saturated heterocycles. The third kappa shape index (κ3) is 3.17. The van der Waals surface area contributed by atoms with E-state index < -0.39 is 0 Å². The molecule has 1 N–H and O–H groups in total. The lowest BCUT2D eigenvalue weighted by Gasteiger charge is -2.35. The molecule has 2 aliphatic heterocycles. The molecule has 0 aromatic carbocycles. The number of aromatic nitrogens is 2. The first-order valence-corrected chi connectivity index (χ1v) is 8.66. The smallest absolute Gasteiger partial charge is 0.275 e. The van der Waals surface area contributed by atoms with Gasteiger partial charge in [-0.15, -0.1) is 0 Å². The van der Waals surface area contributed by atoms with Gasteiger partial charge in [0.25, 0.3) is 5.91 Å². The van der Waals surface area contributed by atoms with Crippen molar-refractivity contribution < 1.29 is 14.3 Å². The molecule has 132 valence electrons. The Labute approximate surface area is 142 Å². The fraction of sp³-hybridized carbons (Fsp3) is 0.706. The number of nitrogens with one attached hydrogen (secondary N) is 1. The van der Waals surface area contributed by atoms with Gasteiger partial charge in [-0.05, 0) is 19.8 Å². The molecule has 0 bridgehead atoms. The highest BCUT2D eigenvalue weighted by molar-refractivity contribution is 5.97. The van der Waals surface area contributed by atoms with E-state index in [1.807, 2.05) is 18.7 Å². The molecule has 3 heterocycles. The molecule has 0 radical (unpaired) electrons. The van der Waals surface area contributed by atoms with Crippen LogP contribution in [0.5, 0.6) is 0 Å². The molecule has 3 rings (SSSR count). The summed E-state index contributed by atoms with van der Waals surface area (Å²) < 4.78 is 5.76. The topological polar surface area (TPSA) is 78.5 Å². The van der Waals surface area contributed by atoms with Crippen molar-refractivity contribution in [2.24, 2.45) is 5.92 Å². The van der Waals surface area contributed by atoms with Crippen LogP contribution in [0.1, 0.15) is 55.5 Å². The summed E-state index contributed by atoms with van der Waals surface area (Å²) in [4.78, 5) is 28.6. The largest absolute Gasteiger partial charge is 0.369 e. The maximum Gasteiger partial charge on any atom is 0.275 e. The van der Waals surface area contributed by atoms with Gasteiger partial charge in [-0.1, -0.05) is 13.8 Å². The van der Waals surface area contributed by atoms with Crippen molar-refractivity contribution in [1.29, 1.82) is 0 Å². The quantitative estimate of drug-likeness (QED) is 0.905. The number of aromatic amines is 1. The van der Waals surface area contributed by atoms with Crippen LogP contribution >= 0.6 is 0 Å². The molecule has 2 aliphatic rings. The Hall–Kier alpha value is -1.89. The summed E-state index contributed by atoms with van der Waals surface area (Å²) in [7, 11) is 0. The van der Waals surface area contributed by atoms with Crippen LogP contribution in [0.3, 0.4) is 0 Å². The maximum atomic E-state index is 12.9. The second kappa shape index (κ2) is 6.55. The number of carbonyl (C=O) groups excluding carboxylic acids is 2. The van der Waals surface area contributed by atoms with Gasteiger partial charge in [0.15, 0.2) is 5.69 Å². The Kier molecular flexibility index (Phi) is 4.62. The summed E-state index contributed by atoms with van der Waals surface area (Å²) in [5, 5.41) is 7.17. The van der Waals surface area contributed by atoms with Gasteiger partial charge in [0.2, 0.25) is 5.91 Å². The highest BCUT2D eigenvalue weighted by Gasteiger charge is 2.34. The Morgan fingerprint density at radius 1 is 1.38 bits per heavy atom. The summed E-state index contributed by atoms with van der Waals surface area (Å²) in [6, 6.07) is 0. The Morgan fingerprint density at radius 2 is 2.12 bits per heavy atom. The number of amides is 2. The van der Waals surface area contributed by atoms with E-state index in [1.165, 1.54) is 0 Å². The predicted molar refractivity (Wildman–Crippen MR) is 88.6 cm³/mol. The third-order valence-electron chi connectivity index (χ3n) is 4.63. The number of hydrogen-bond acceptors (Lipinski definition) is 4. The lowest BCUT2D eigenvalue weighted by molar-refractivity contribution is -0.135. The summed E-state index contributed by atoms with van der Waals surface area (Å²) in [6.45, 7) is 10.1. The van der Waals surface area contributed by atoms with Gasteiger partial charge >= 0.3 is 0 Å². The van der Waals surface area contributed by atoms with Crippen LogP contribution in [0.2, 0.25) is 0 Å². The number of fused-ring (bicyclic) bond motifs is 1. The fourth-order valence-corrected chi connectivity index (χ4v) is 3.52. The van der Waals surface area contributed by atoms with Gasteiger partial charge in [-0.25, -0.2) is 0 Å². The van der Waals surface area contributed by atoms with E-state index in [4.69, 9.17) is 4.74 Å². The summed E-state index contributed by atoms with van der Waals surface area (Å²) in [5.41, 5.74) is 2.25. The minimum atomic E-state index is -0.161.